The molecule has 94 valence electrons. The average Bonchev–Trinajstić information content (AvgIpc) is 2.99. The summed E-state index contributed by atoms with van der Waals surface area (Å²) < 4.78 is 0. The van der Waals surface area contributed by atoms with Crippen LogP contribution in [-0.2, 0) is 0 Å². The first-order valence-electron chi connectivity index (χ1n) is 6.16. The van der Waals surface area contributed by atoms with Crippen LogP contribution in [0.2, 0.25) is 0 Å². The number of aliphatic hydroxyl groups is 1. The number of aromatic nitrogens is 2. The molecule has 2 atom stereocenters. The minimum Gasteiger partial charge on any atom is -0.392 e. The second-order valence-electron chi connectivity index (χ2n) is 4.54. The van der Waals surface area contributed by atoms with E-state index in [9.17, 15) is 5.11 Å². The van der Waals surface area contributed by atoms with Crippen molar-refractivity contribution in [1.82, 2.24) is 10.2 Å². The molecule has 1 saturated carbocycles. The van der Waals surface area contributed by atoms with Crippen molar-refractivity contribution in [1.29, 1.82) is 0 Å². The Balaban J connectivity index is 1.74. The number of nitrogens with one attached hydrogen (secondary N) is 1. The summed E-state index contributed by atoms with van der Waals surface area (Å²) in [6.45, 7) is 0. The van der Waals surface area contributed by atoms with Crippen molar-refractivity contribution < 1.29 is 5.11 Å². The molecule has 0 saturated heterocycles. The molecule has 1 aromatic heterocycles. The fourth-order valence-electron chi connectivity index (χ4n) is 2.31. The van der Waals surface area contributed by atoms with Crippen LogP contribution in [0.15, 0.2) is 30.3 Å². The number of nitrogens with zero attached hydrogens (tertiary/aromatic N) is 2. The highest BCUT2D eigenvalue weighted by atomic mass is 32.1. The summed E-state index contributed by atoms with van der Waals surface area (Å²) >= 11 is 1.54. The Kier molecular flexibility index (Phi) is 3.25. The van der Waals surface area contributed by atoms with Gasteiger partial charge in [0.15, 0.2) is 0 Å². The Morgan fingerprint density at radius 2 is 2.00 bits per heavy atom. The van der Waals surface area contributed by atoms with E-state index in [1.54, 1.807) is 0 Å². The summed E-state index contributed by atoms with van der Waals surface area (Å²) in [7, 11) is 0. The van der Waals surface area contributed by atoms with Gasteiger partial charge in [0.05, 0.1) is 6.10 Å². The van der Waals surface area contributed by atoms with Crippen molar-refractivity contribution in [3.05, 3.63) is 35.3 Å². The van der Waals surface area contributed by atoms with Gasteiger partial charge >= 0.3 is 0 Å². The van der Waals surface area contributed by atoms with E-state index in [0.29, 0.717) is 0 Å². The van der Waals surface area contributed by atoms with Gasteiger partial charge in [-0.25, -0.2) is 0 Å². The number of hydrogen-bond acceptors (Lipinski definition) is 5. The van der Waals surface area contributed by atoms with Gasteiger partial charge < -0.3 is 10.4 Å². The molecule has 0 aliphatic heterocycles. The second kappa shape index (κ2) is 5.04. The topological polar surface area (TPSA) is 58.0 Å². The Bertz CT molecular complexity index is 514. The van der Waals surface area contributed by atoms with Crippen LogP contribution in [0.3, 0.4) is 0 Å². The van der Waals surface area contributed by atoms with Crippen LogP contribution in [0, 0.1) is 0 Å². The second-order valence-corrected chi connectivity index (χ2v) is 5.55. The predicted molar refractivity (Wildman–Crippen MR) is 72.2 cm³/mol. The van der Waals surface area contributed by atoms with E-state index in [4.69, 9.17) is 0 Å². The molecule has 0 bridgehead atoms. The first-order chi connectivity index (χ1) is 8.83. The number of benzene rings is 1. The molecule has 1 aliphatic carbocycles. The normalized spacial score (nSPS) is 23.2. The lowest BCUT2D eigenvalue weighted by Gasteiger charge is -2.09. The van der Waals surface area contributed by atoms with Crippen molar-refractivity contribution in [3.63, 3.8) is 0 Å². The van der Waals surface area contributed by atoms with E-state index < -0.39 is 0 Å². The van der Waals surface area contributed by atoms with Crippen LogP contribution < -0.4 is 5.32 Å². The molecule has 1 aliphatic rings. The number of hydrogen-bond donors (Lipinski definition) is 2. The summed E-state index contributed by atoms with van der Waals surface area (Å²) in [5.74, 6) is 0.175. The molecule has 1 heterocycles. The third-order valence-corrected chi connectivity index (χ3v) is 4.23. The van der Waals surface area contributed by atoms with Crippen LogP contribution in [0.5, 0.6) is 0 Å². The van der Waals surface area contributed by atoms with E-state index in [-0.39, 0.29) is 12.0 Å². The third-order valence-electron chi connectivity index (χ3n) is 3.26. The van der Waals surface area contributed by atoms with Crippen molar-refractivity contribution in [2.75, 3.05) is 5.32 Å². The van der Waals surface area contributed by atoms with E-state index >= 15 is 0 Å². The van der Waals surface area contributed by atoms with E-state index in [0.717, 1.165) is 35.1 Å². The largest absolute Gasteiger partial charge is 0.392 e. The Morgan fingerprint density at radius 3 is 2.72 bits per heavy atom. The Hall–Kier alpha value is -1.46. The molecule has 0 spiro atoms. The number of para-hydroxylation sites is 1. The summed E-state index contributed by atoms with van der Waals surface area (Å²) in [5, 5.41) is 23.1. The van der Waals surface area contributed by atoms with Crippen LogP contribution >= 0.6 is 11.3 Å². The quantitative estimate of drug-likeness (QED) is 0.892. The highest BCUT2D eigenvalue weighted by Gasteiger charge is 2.29. The molecule has 0 unspecified atom stereocenters. The van der Waals surface area contributed by atoms with E-state index in [1.165, 1.54) is 11.3 Å². The highest BCUT2D eigenvalue weighted by molar-refractivity contribution is 7.15. The van der Waals surface area contributed by atoms with Gasteiger partial charge in [-0.05, 0) is 25.0 Å². The zero-order chi connectivity index (χ0) is 12.4. The van der Waals surface area contributed by atoms with E-state index in [2.05, 4.69) is 15.5 Å². The first-order valence-corrected chi connectivity index (χ1v) is 6.98. The van der Waals surface area contributed by atoms with Gasteiger partial charge in [0.1, 0.15) is 5.01 Å². The molecule has 5 heteroatoms. The number of anilines is 2. The number of aliphatic hydroxyl groups excluding tert-OH is 1. The smallest absolute Gasteiger partial charge is 0.210 e. The minimum atomic E-state index is -0.248. The van der Waals surface area contributed by atoms with E-state index in [1.807, 2.05) is 30.3 Å². The van der Waals surface area contributed by atoms with Gasteiger partial charge in [-0.3, -0.25) is 0 Å². The standard InChI is InChI=1S/C13H15N3OS/c17-11-8-4-7-10(11)12-15-16-13(18-12)14-9-5-2-1-3-6-9/h1-3,5-6,10-11,17H,4,7-8H2,(H,14,16)/t10-,11+/m1/s1. The summed E-state index contributed by atoms with van der Waals surface area (Å²) in [6, 6.07) is 9.92. The minimum absolute atomic E-state index is 0.175. The summed E-state index contributed by atoms with van der Waals surface area (Å²) in [5.41, 5.74) is 1.01. The molecule has 1 fully saturated rings. The molecule has 4 nitrogen and oxygen atoms in total. The zero-order valence-electron chi connectivity index (χ0n) is 9.91. The molecular weight excluding hydrogens is 246 g/mol. The van der Waals surface area contributed by atoms with Gasteiger partial charge in [-0.2, -0.15) is 0 Å². The van der Waals surface area contributed by atoms with Crippen LogP contribution in [0.1, 0.15) is 30.2 Å². The van der Waals surface area contributed by atoms with Crippen molar-refractivity contribution in [2.45, 2.75) is 31.3 Å². The highest BCUT2D eigenvalue weighted by Crippen LogP contribution is 2.37. The maximum absolute atomic E-state index is 9.86. The molecule has 0 radical (unpaired) electrons. The van der Waals surface area contributed by atoms with Crippen molar-refractivity contribution in [2.24, 2.45) is 0 Å². The van der Waals surface area contributed by atoms with Crippen LogP contribution in [0.4, 0.5) is 10.8 Å². The molecule has 2 aromatic rings. The molecule has 3 rings (SSSR count). The summed E-state index contributed by atoms with van der Waals surface area (Å²) in [6.07, 6.45) is 2.72. The SMILES string of the molecule is O[C@H]1CCC[C@H]1c1nnc(Nc2ccccc2)s1. The molecular formula is C13H15N3OS. The van der Waals surface area contributed by atoms with Crippen LogP contribution in [0.25, 0.3) is 0 Å². The lowest BCUT2D eigenvalue weighted by atomic mass is 10.1. The summed E-state index contributed by atoms with van der Waals surface area (Å²) in [4.78, 5) is 0. The zero-order valence-corrected chi connectivity index (χ0v) is 10.7. The van der Waals surface area contributed by atoms with Crippen LogP contribution in [-0.4, -0.2) is 21.4 Å². The first kappa shape index (κ1) is 11.6. The maximum Gasteiger partial charge on any atom is 0.210 e. The maximum atomic E-state index is 9.86. The Morgan fingerprint density at radius 1 is 1.17 bits per heavy atom. The van der Waals surface area contributed by atoms with Gasteiger partial charge in [0.25, 0.3) is 0 Å². The monoisotopic (exact) mass is 261 g/mol. The Labute approximate surface area is 110 Å². The lowest BCUT2D eigenvalue weighted by molar-refractivity contribution is 0.163. The lowest BCUT2D eigenvalue weighted by Crippen LogP contribution is -2.10. The average molecular weight is 261 g/mol. The third kappa shape index (κ3) is 2.37. The predicted octanol–water partition coefficient (Wildman–Crippen LogP) is 2.91. The molecule has 1 aromatic carbocycles. The van der Waals surface area contributed by atoms with Crippen molar-refractivity contribution >= 4 is 22.2 Å². The van der Waals surface area contributed by atoms with Gasteiger partial charge in [0, 0.05) is 11.6 Å². The molecule has 2 N–H and O–H groups in total. The van der Waals surface area contributed by atoms with Gasteiger partial charge in [0.2, 0.25) is 5.13 Å². The van der Waals surface area contributed by atoms with Gasteiger partial charge in [-0.15, -0.1) is 10.2 Å². The van der Waals surface area contributed by atoms with Gasteiger partial charge in [-0.1, -0.05) is 36.0 Å². The fraction of sp³-hybridized carbons (Fsp3) is 0.385. The number of rotatable bonds is 3. The fourth-order valence-corrected chi connectivity index (χ4v) is 3.27. The van der Waals surface area contributed by atoms with Crippen molar-refractivity contribution in [3.8, 4) is 0 Å². The molecule has 18 heavy (non-hydrogen) atoms. The molecule has 0 amide bonds.